The first-order chi connectivity index (χ1) is 14.6. The number of anilines is 1. The van der Waals surface area contributed by atoms with Crippen LogP contribution >= 0.6 is 11.9 Å². The number of hydrogen-bond donors (Lipinski definition) is 1. The van der Waals surface area contributed by atoms with Crippen molar-refractivity contribution in [1.29, 1.82) is 0 Å². The average Bonchev–Trinajstić information content (AvgIpc) is 3.15. The fourth-order valence-electron chi connectivity index (χ4n) is 2.75. The van der Waals surface area contributed by atoms with Gasteiger partial charge < -0.3 is 9.46 Å². The number of halogens is 2. The van der Waals surface area contributed by atoms with Crippen LogP contribution in [0.25, 0.3) is 16.9 Å². The van der Waals surface area contributed by atoms with E-state index in [9.17, 15) is 8.78 Å². The van der Waals surface area contributed by atoms with Gasteiger partial charge in [-0.2, -0.15) is 5.10 Å². The van der Waals surface area contributed by atoms with E-state index in [1.807, 2.05) is 6.07 Å². The van der Waals surface area contributed by atoms with Crippen LogP contribution < -0.4 is 9.46 Å². The van der Waals surface area contributed by atoms with Gasteiger partial charge in [0.05, 0.1) is 29.5 Å². The number of benzene rings is 1. The summed E-state index contributed by atoms with van der Waals surface area (Å²) in [6, 6.07) is 6.99. The van der Waals surface area contributed by atoms with E-state index in [4.69, 9.17) is 4.74 Å². The zero-order valence-electron chi connectivity index (χ0n) is 16.0. The van der Waals surface area contributed by atoms with Crippen molar-refractivity contribution in [2.45, 2.75) is 11.8 Å². The van der Waals surface area contributed by atoms with Gasteiger partial charge in [-0.1, -0.05) is 5.92 Å². The van der Waals surface area contributed by atoms with Crippen LogP contribution in [0.15, 0.2) is 53.8 Å². The molecule has 0 fully saturated rings. The molecule has 0 aliphatic carbocycles. The van der Waals surface area contributed by atoms with Crippen LogP contribution in [0, 0.1) is 23.5 Å². The molecule has 4 aromatic rings. The second kappa shape index (κ2) is 8.39. The Morgan fingerprint density at radius 1 is 1.17 bits per heavy atom. The molecule has 6 nitrogen and oxygen atoms in total. The van der Waals surface area contributed by atoms with Crippen LogP contribution in [0.2, 0.25) is 0 Å². The highest BCUT2D eigenvalue weighted by Crippen LogP contribution is 2.32. The Labute approximate surface area is 175 Å². The highest BCUT2D eigenvalue weighted by Gasteiger charge is 2.12. The predicted molar refractivity (Wildman–Crippen MR) is 111 cm³/mol. The van der Waals surface area contributed by atoms with E-state index in [1.165, 1.54) is 19.2 Å². The van der Waals surface area contributed by atoms with Crippen LogP contribution in [0.5, 0.6) is 5.88 Å². The quantitative estimate of drug-likeness (QED) is 0.375. The maximum Gasteiger partial charge on any atom is 0.237 e. The van der Waals surface area contributed by atoms with Crippen molar-refractivity contribution >= 4 is 23.3 Å². The highest BCUT2D eigenvalue weighted by atomic mass is 32.2. The van der Waals surface area contributed by atoms with Crippen LogP contribution in [0.4, 0.5) is 14.5 Å². The Morgan fingerprint density at radius 3 is 2.80 bits per heavy atom. The van der Waals surface area contributed by atoms with Crippen LogP contribution in [-0.2, 0) is 0 Å². The number of ether oxygens (including phenoxy) is 1. The van der Waals surface area contributed by atoms with Crippen molar-refractivity contribution in [3.8, 4) is 29.0 Å². The normalized spacial score (nSPS) is 10.5. The Balaban J connectivity index is 1.67. The molecule has 0 spiro atoms. The molecule has 30 heavy (non-hydrogen) atoms. The van der Waals surface area contributed by atoms with Gasteiger partial charge in [-0.15, -0.1) is 5.92 Å². The Bertz CT molecular complexity index is 1300. The Kier molecular flexibility index (Phi) is 5.50. The minimum absolute atomic E-state index is 0.241. The molecule has 1 N–H and O–H groups in total. The fourth-order valence-corrected chi connectivity index (χ4v) is 3.41. The molecular formula is C21H15F2N5OS. The van der Waals surface area contributed by atoms with E-state index >= 15 is 0 Å². The van der Waals surface area contributed by atoms with Gasteiger partial charge >= 0.3 is 0 Å². The minimum atomic E-state index is -0.659. The minimum Gasteiger partial charge on any atom is -0.480 e. The molecule has 0 atom stereocenters. The molecule has 0 saturated heterocycles. The molecule has 4 rings (SSSR count). The zero-order chi connectivity index (χ0) is 21.1. The van der Waals surface area contributed by atoms with Gasteiger partial charge in [-0.05, 0) is 43.1 Å². The number of fused-ring (bicyclic) bond motifs is 1. The van der Waals surface area contributed by atoms with Crippen LogP contribution in [-0.4, -0.2) is 26.7 Å². The topological polar surface area (TPSA) is 64.3 Å². The zero-order valence-corrected chi connectivity index (χ0v) is 16.8. The summed E-state index contributed by atoms with van der Waals surface area (Å²) < 4.78 is 37.0. The molecule has 0 radical (unpaired) electrons. The molecule has 0 saturated carbocycles. The van der Waals surface area contributed by atoms with Crippen LogP contribution in [0.3, 0.4) is 0 Å². The molecular weight excluding hydrogens is 408 g/mol. The summed E-state index contributed by atoms with van der Waals surface area (Å²) in [5, 5.41) is 4.23. The number of nitrogens with zero attached hydrogens (tertiary/aromatic N) is 4. The third kappa shape index (κ3) is 3.90. The third-order valence-corrected chi connectivity index (χ3v) is 5.01. The van der Waals surface area contributed by atoms with Gasteiger partial charge in [0.25, 0.3) is 0 Å². The molecule has 0 aliphatic rings. The third-order valence-electron chi connectivity index (χ3n) is 4.13. The van der Waals surface area contributed by atoms with Crippen molar-refractivity contribution in [1.82, 2.24) is 19.6 Å². The molecule has 3 aromatic heterocycles. The fraction of sp³-hybridized carbons (Fsp3) is 0.0952. The van der Waals surface area contributed by atoms with Gasteiger partial charge in [-0.25, -0.2) is 23.3 Å². The summed E-state index contributed by atoms with van der Waals surface area (Å²) >= 11 is 0.991. The van der Waals surface area contributed by atoms with Gasteiger partial charge in [0, 0.05) is 24.0 Å². The van der Waals surface area contributed by atoms with Gasteiger partial charge in [0.2, 0.25) is 5.88 Å². The van der Waals surface area contributed by atoms with Crippen LogP contribution in [0.1, 0.15) is 12.5 Å². The maximum atomic E-state index is 13.9. The SMILES string of the molecule is CC#Cc1cnn2ccc(-c3cnc(OC)c(NSc4ccc(F)cc4F)c3)nc12. The lowest BCUT2D eigenvalue weighted by atomic mass is 10.2. The second-order valence-electron chi connectivity index (χ2n) is 6.07. The lowest BCUT2D eigenvalue weighted by molar-refractivity contribution is 0.400. The molecule has 0 unspecified atom stereocenters. The molecule has 150 valence electrons. The second-order valence-corrected chi connectivity index (χ2v) is 6.92. The summed E-state index contributed by atoms with van der Waals surface area (Å²) in [5.41, 5.74) is 3.26. The molecule has 1 aromatic carbocycles. The highest BCUT2D eigenvalue weighted by molar-refractivity contribution is 8.00. The predicted octanol–water partition coefficient (Wildman–Crippen LogP) is 4.57. The van der Waals surface area contributed by atoms with E-state index in [0.29, 0.717) is 22.9 Å². The summed E-state index contributed by atoms with van der Waals surface area (Å²) in [7, 11) is 1.49. The van der Waals surface area contributed by atoms with Gasteiger partial charge in [0.1, 0.15) is 17.3 Å². The average molecular weight is 423 g/mol. The Morgan fingerprint density at radius 2 is 2.03 bits per heavy atom. The monoisotopic (exact) mass is 423 g/mol. The van der Waals surface area contributed by atoms with Crippen molar-refractivity contribution in [2.75, 3.05) is 11.8 Å². The van der Waals surface area contributed by atoms with Crippen molar-refractivity contribution in [2.24, 2.45) is 0 Å². The van der Waals surface area contributed by atoms with Crippen molar-refractivity contribution in [3.63, 3.8) is 0 Å². The first-order valence-electron chi connectivity index (χ1n) is 8.78. The molecule has 0 aliphatic heterocycles. The maximum absolute atomic E-state index is 13.9. The number of rotatable bonds is 5. The smallest absolute Gasteiger partial charge is 0.237 e. The summed E-state index contributed by atoms with van der Waals surface area (Å²) in [5.74, 6) is 4.86. The summed E-state index contributed by atoms with van der Waals surface area (Å²) in [4.78, 5) is 9.19. The molecule has 0 amide bonds. The lowest BCUT2D eigenvalue weighted by Gasteiger charge is -2.11. The lowest BCUT2D eigenvalue weighted by Crippen LogP contribution is -1.98. The largest absolute Gasteiger partial charge is 0.480 e. The first kappa shape index (κ1) is 19.7. The van der Waals surface area contributed by atoms with E-state index in [2.05, 4.69) is 31.6 Å². The van der Waals surface area contributed by atoms with E-state index in [-0.39, 0.29) is 4.90 Å². The van der Waals surface area contributed by atoms with Gasteiger partial charge in [0.15, 0.2) is 5.65 Å². The number of nitrogens with one attached hydrogen (secondary N) is 1. The van der Waals surface area contributed by atoms with E-state index in [0.717, 1.165) is 29.1 Å². The van der Waals surface area contributed by atoms with Crippen molar-refractivity contribution < 1.29 is 13.5 Å². The molecule has 9 heteroatoms. The summed E-state index contributed by atoms with van der Waals surface area (Å²) in [6.07, 6.45) is 5.09. The number of pyridine rings is 1. The number of aromatic nitrogens is 4. The molecule has 3 heterocycles. The molecule has 0 bridgehead atoms. The van der Waals surface area contributed by atoms with Crippen molar-refractivity contribution in [3.05, 3.63) is 66.1 Å². The number of hydrogen-bond acceptors (Lipinski definition) is 6. The Hall–Kier alpha value is -3.64. The van der Waals surface area contributed by atoms with E-state index < -0.39 is 11.6 Å². The van der Waals surface area contributed by atoms with E-state index in [1.54, 1.807) is 36.1 Å². The first-order valence-corrected chi connectivity index (χ1v) is 9.60. The number of methoxy groups -OCH3 is 1. The van der Waals surface area contributed by atoms with Gasteiger partial charge in [-0.3, -0.25) is 0 Å². The standard InChI is InChI=1S/C21H15F2N5OS/c1-3-4-13-12-25-28-8-7-17(26-20(13)28)14-9-18(21(29-2)24-11-14)27-30-19-6-5-15(22)10-16(19)23/h5-12,27H,1-2H3. The summed E-state index contributed by atoms with van der Waals surface area (Å²) in [6.45, 7) is 1.75.